The average Bonchev–Trinajstić information content (AvgIpc) is 3.12. The number of benzene rings is 2. The lowest BCUT2D eigenvalue weighted by Crippen LogP contribution is -2.07. The third kappa shape index (κ3) is 4.89. The maximum absolute atomic E-state index is 9.68. The second-order valence-electron chi connectivity index (χ2n) is 7.02. The molecule has 0 aliphatic rings. The number of nitrogens with zero attached hydrogens (tertiary/aromatic N) is 4. The smallest absolute Gasteiger partial charge is 0.161 e. The van der Waals surface area contributed by atoms with Gasteiger partial charge in [-0.15, -0.1) is 0 Å². The number of allylic oxidation sites excluding steroid dienone is 1. The van der Waals surface area contributed by atoms with Crippen molar-refractivity contribution in [1.82, 2.24) is 9.78 Å². The number of nitrogen functional groups attached to an aromatic ring is 1. The van der Waals surface area contributed by atoms with Crippen LogP contribution < -0.4 is 15.2 Å². The number of rotatable bonds is 8. The molecule has 2 aromatic carbocycles. The van der Waals surface area contributed by atoms with Gasteiger partial charge in [0.05, 0.1) is 25.8 Å². The lowest BCUT2D eigenvalue weighted by atomic mass is 10.1. The highest BCUT2D eigenvalue weighted by atomic mass is 16.5. The van der Waals surface area contributed by atoms with Gasteiger partial charge in [0.15, 0.2) is 11.5 Å². The van der Waals surface area contributed by atoms with E-state index in [-0.39, 0.29) is 35.8 Å². The van der Waals surface area contributed by atoms with Gasteiger partial charge >= 0.3 is 0 Å². The standard InChI is InChI=1S/C24H23N5O3/c1-16-3-5-17(6-4-16)15-32-21-8-7-18(12-22(21)31-2)11-19(13-25)23-20(14-26)24(27)29(28-23)9-10-30/h3-8,11-12,30H,9-10,15,27H2,1-2H3. The molecule has 162 valence electrons. The Kier molecular flexibility index (Phi) is 7.12. The predicted molar refractivity (Wildman–Crippen MR) is 120 cm³/mol. The number of nitriles is 2. The average molecular weight is 429 g/mol. The number of methoxy groups -OCH3 is 1. The number of aliphatic hydroxyl groups excluding tert-OH is 1. The fourth-order valence-corrected chi connectivity index (χ4v) is 3.10. The highest BCUT2D eigenvalue weighted by Crippen LogP contribution is 2.31. The van der Waals surface area contributed by atoms with Gasteiger partial charge in [0, 0.05) is 0 Å². The van der Waals surface area contributed by atoms with Crippen LogP contribution in [0.3, 0.4) is 0 Å². The Hall–Kier alpha value is -4.27. The predicted octanol–water partition coefficient (Wildman–Crippen LogP) is 3.29. The molecule has 0 spiro atoms. The Morgan fingerprint density at radius 1 is 1.19 bits per heavy atom. The molecule has 0 radical (unpaired) electrons. The molecule has 8 heteroatoms. The molecule has 1 heterocycles. The van der Waals surface area contributed by atoms with Gasteiger partial charge in [-0.1, -0.05) is 35.9 Å². The van der Waals surface area contributed by atoms with Gasteiger partial charge in [0.1, 0.15) is 35.8 Å². The van der Waals surface area contributed by atoms with Crippen LogP contribution in [0.1, 0.15) is 27.9 Å². The van der Waals surface area contributed by atoms with Crippen LogP contribution in [-0.4, -0.2) is 28.6 Å². The van der Waals surface area contributed by atoms with E-state index in [1.165, 1.54) is 17.4 Å². The largest absolute Gasteiger partial charge is 0.493 e. The van der Waals surface area contributed by atoms with Crippen molar-refractivity contribution in [2.75, 3.05) is 19.5 Å². The van der Waals surface area contributed by atoms with Crippen molar-refractivity contribution in [2.24, 2.45) is 0 Å². The van der Waals surface area contributed by atoms with Gasteiger partial charge in [0.25, 0.3) is 0 Å². The minimum Gasteiger partial charge on any atom is -0.493 e. The van der Waals surface area contributed by atoms with Crippen molar-refractivity contribution in [3.63, 3.8) is 0 Å². The Balaban J connectivity index is 1.89. The van der Waals surface area contributed by atoms with Gasteiger partial charge in [-0.3, -0.25) is 0 Å². The summed E-state index contributed by atoms with van der Waals surface area (Å²) in [7, 11) is 1.54. The van der Waals surface area contributed by atoms with Gasteiger partial charge in [-0.25, -0.2) is 4.68 Å². The molecule has 0 bridgehead atoms. The maximum atomic E-state index is 9.68. The first-order valence-electron chi connectivity index (χ1n) is 9.86. The van der Waals surface area contributed by atoms with Gasteiger partial charge in [0.2, 0.25) is 0 Å². The number of aryl methyl sites for hydroxylation is 1. The van der Waals surface area contributed by atoms with Crippen LogP contribution >= 0.6 is 0 Å². The zero-order valence-electron chi connectivity index (χ0n) is 17.9. The Morgan fingerprint density at radius 2 is 1.94 bits per heavy atom. The first kappa shape index (κ1) is 22.4. The summed E-state index contributed by atoms with van der Waals surface area (Å²) in [4.78, 5) is 0. The van der Waals surface area contributed by atoms with Crippen molar-refractivity contribution in [2.45, 2.75) is 20.1 Å². The number of aromatic nitrogens is 2. The summed E-state index contributed by atoms with van der Waals surface area (Å²) in [6.07, 6.45) is 1.60. The van der Waals surface area contributed by atoms with E-state index in [9.17, 15) is 10.5 Å². The van der Waals surface area contributed by atoms with Crippen molar-refractivity contribution in [3.8, 4) is 23.6 Å². The van der Waals surface area contributed by atoms with Crippen LogP contribution in [0.5, 0.6) is 11.5 Å². The molecular formula is C24H23N5O3. The monoisotopic (exact) mass is 429 g/mol. The molecule has 3 N–H and O–H groups in total. The van der Waals surface area contributed by atoms with Crippen molar-refractivity contribution >= 4 is 17.5 Å². The van der Waals surface area contributed by atoms with E-state index in [2.05, 4.69) is 11.2 Å². The molecule has 8 nitrogen and oxygen atoms in total. The molecule has 0 amide bonds. The van der Waals surface area contributed by atoms with Crippen LogP contribution in [0.25, 0.3) is 11.6 Å². The minimum atomic E-state index is -0.191. The molecule has 0 aliphatic carbocycles. The lowest BCUT2D eigenvalue weighted by molar-refractivity contribution is 0.270. The topological polar surface area (TPSA) is 130 Å². The van der Waals surface area contributed by atoms with E-state index in [0.29, 0.717) is 23.7 Å². The van der Waals surface area contributed by atoms with E-state index in [4.69, 9.17) is 20.3 Å². The molecule has 0 saturated carbocycles. The molecule has 32 heavy (non-hydrogen) atoms. The third-order valence-corrected chi connectivity index (χ3v) is 4.80. The van der Waals surface area contributed by atoms with Crippen LogP contribution in [-0.2, 0) is 13.2 Å². The summed E-state index contributed by atoms with van der Waals surface area (Å²) < 4.78 is 12.7. The first-order valence-corrected chi connectivity index (χ1v) is 9.86. The first-order chi connectivity index (χ1) is 15.5. The molecule has 3 rings (SSSR count). The second-order valence-corrected chi connectivity index (χ2v) is 7.02. The van der Waals surface area contributed by atoms with Crippen LogP contribution in [0.4, 0.5) is 5.82 Å². The summed E-state index contributed by atoms with van der Waals surface area (Å²) in [6.45, 7) is 2.35. The van der Waals surface area contributed by atoms with Crippen molar-refractivity contribution in [3.05, 3.63) is 70.4 Å². The van der Waals surface area contributed by atoms with Crippen LogP contribution in [0, 0.1) is 29.6 Å². The second kappa shape index (κ2) is 10.2. The van der Waals surface area contributed by atoms with E-state index < -0.39 is 0 Å². The number of nitrogens with two attached hydrogens (primary N) is 1. The number of ether oxygens (including phenoxy) is 2. The number of anilines is 1. The molecule has 0 saturated heterocycles. The fourth-order valence-electron chi connectivity index (χ4n) is 3.10. The number of hydrogen-bond acceptors (Lipinski definition) is 7. The summed E-state index contributed by atoms with van der Waals surface area (Å²) in [5.74, 6) is 1.18. The van der Waals surface area contributed by atoms with Gasteiger partial charge in [-0.2, -0.15) is 15.6 Å². The molecule has 0 aliphatic heterocycles. The quantitative estimate of drug-likeness (QED) is 0.525. The van der Waals surface area contributed by atoms with Gasteiger partial charge in [-0.05, 0) is 36.3 Å². The van der Waals surface area contributed by atoms with Crippen LogP contribution in [0.2, 0.25) is 0 Å². The zero-order chi connectivity index (χ0) is 23.1. The number of aliphatic hydroxyl groups is 1. The summed E-state index contributed by atoms with van der Waals surface area (Å²) >= 11 is 0. The van der Waals surface area contributed by atoms with Crippen molar-refractivity contribution in [1.29, 1.82) is 10.5 Å². The zero-order valence-corrected chi connectivity index (χ0v) is 17.9. The molecule has 0 unspecified atom stereocenters. The van der Waals surface area contributed by atoms with Crippen LogP contribution in [0.15, 0.2) is 42.5 Å². The third-order valence-electron chi connectivity index (χ3n) is 4.80. The lowest BCUT2D eigenvalue weighted by Gasteiger charge is -2.12. The highest BCUT2D eigenvalue weighted by molar-refractivity contribution is 5.91. The Labute approximate surface area is 186 Å². The molecule has 0 atom stereocenters. The Bertz CT molecular complexity index is 1210. The molecule has 1 aromatic heterocycles. The van der Waals surface area contributed by atoms with E-state index >= 15 is 0 Å². The minimum absolute atomic E-state index is 0.0938. The highest BCUT2D eigenvalue weighted by Gasteiger charge is 2.19. The summed E-state index contributed by atoms with van der Waals surface area (Å²) in [5.41, 5.74) is 9.24. The van der Waals surface area contributed by atoms with Crippen molar-refractivity contribution < 1.29 is 14.6 Å². The van der Waals surface area contributed by atoms with E-state index in [1.807, 2.05) is 37.3 Å². The van der Waals surface area contributed by atoms with E-state index in [0.717, 1.165) is 5.56 Å². The summed E-state index contributed by atoms with van der Waals surface area (Å²) in [6, 6.07) is 17.4. The molecule has 0 fully saturated rings. The fraction of sp³-hybridized carbons (Fsp3) is 0.208. The molecule has 3 aromatic rings. The Morgan fingerprint density at radius 3 is 2.56 bits per heavy atom. The SMILES string of the molecule is COc1cc(C=C(C#N)c2nn(CCO)c(N)c2C#N)ccc1OCc1ccc(C)cc1. The van der Waals surface area contributed by atoms with E-state index in [1.54, 1.807) is 24.3 Å². The van der Waals surface area contributed by atoms with Gasteiger partial charge < -0.3 is 20.3 Å². The summed E-state index contributed by atoms with van der Waals surface area (Å²) in [5, 5.41) is 32.5. The normalized spacial score (nSPS) is 11.0. The number of hydrogen-bond donors (Lipinski definition) is 2. The molecular weight excluding hydrogens is 406 g/mol. The maximum Gasteiger partial charge on any atom is 0.161 e.